The van der Waals surface area contributed by atoms with Gasteiger partial charge in [-0.15, -0.1) is 0 Å². The fourth-order valence-corrected chi connectivity index (χ4v) is 1.44. The van der Waals surface area contributed by atoms with E-state index in [1.54, 1.807) is 0 Å². The lowest BCUT2D eigenvalue weighted by Crippen LogP contribution is -2.21. The van der Waals surface area contributed by atoms with Gasteiger partial charge in [-0.3, -0.25) is 9.69 Å². The molecule has 68 valence electrons. The molecule has 0 spiro atoms. The van der Waals surface area contributed by atoms with Gasteiger partial charge in [0.15, 0.2) is 0 Å². The summed E-state index contributed by atoms with van der Waals surface area (Å²) < 4.78 is 0. The molecule has 1 saturated heterocycles. The molecule has 1 heterocycles. The van der Waals surface area contributed by atoms with E-state index in [2.05, 4.69) is 17.0 Å². The highest BCUT2D eigenvalue weighted by Crippen LogP contribution is 2.19. The van der Waals surface area contributed by atoms with Gasteiger partial charge in [-0.25, -0.2) is 0 Å². The van der Waals surface area contributed by atoms with Crippen LogP contribution in [0.5, 0.6) is 0 Å². The Balaban J connectivity index is 1.92. The van der Waals surface area contributed by atoms with E-state index >= 15 is 0 Å². The number of nitrogens with zero attached hydrogens (tertiary/aromatic N) is 1. The summed E-state index contributed by atoms with van der Waals surface area (Å²) in [5.74, 6) is -0.212. The van der Waals surface area contributed by atoms with Gasteiger partial charge in [0, 0.05) is 13.1 Å². The molecule has 0 radical (unpaired) electrons. The smallest absolute Gasteiger partial charge is 0.236 e. The second-order valence-electron chi connectivity index (χ2n) is 3.33. The molecule has 2 atom stereocenters. The maximum atomic E-state index is 10.7. The van der Waals surface area contributed by atoms with E-state index in [1.807, 2.05) is 18.2 Å². The number of benzene rings is 1. The second kappa shape index (κ2) is 3.18. The minimum absolute atomic E-state index is 0.0276. The van der Waals surface area contributed by atoms with Crippen molar-refractivity contribution in [2.45, 2.75) is 12.6 Å². The SMILES string of the molecule is NC(=O)[C@@H]1CN1Cc1ccccc1. The van der Waals surface area contributed by atoms with Gasteiger partial charge in [0.05, 0.1) is 0 Å². The molecule has 1 aromatic carbocycles. The van der Waals surface area contributed by atoms with Crippen LogP contribution in [0.15, 0.2) is 30.3 Å². The molecule has 2 rings (SSSR count). The normalized spacial score (nSPS) is 25.5. The van der Waals surface area contributed by atoms with Gasteiger partial charge in [-0.1, -0.05) is 30.3 Å². The van der Waals surface area contributed by atoms with Gasteiger partial charge in [-0.05, 0) is 5.56 Å². The molecule has 1 aromatic rings. The third-order valence-electron chi connectivity index (χ3n) is 2.27. The van der Waals surface area contributed by atoms with E-state index in [9.17, 15) is 4.79 Å². The van der Waals surface area contributed by atoms with E-state index in [0.717, 1.165) is 13.1 Å². The van der Waals surface area contributed by atoms with Gasteiger partial charge in [0.1, 0.15) is 6.04 Å². The number of hydrogen-bond donors (Lipinski definition) is 1. The van der Waals surface area contributed by atoms with Gasteiger partial charge in [0.2, 0.25) is 5.91 Å². The van der Waals surface area contributed by atoms with Crippen molar-refractivity contribution in [1.29, 1.82) is 0 Å². The largest absolute Gasteiger partial charge is 0.368 e. The van der Waals surface area contributed by atoms with Crippen LogP contribution in [0.1, 0.15) is 5.56 Å². The van der Waals surface area contributed by atoms with E-state index in [-0.39, 0.29) is 11.9 Å². The molecule has 3 nitrogen and oxygen atoms in total. The summed E-state index contributed by atoms with van der Waals surface area (Å²) in [6, 6.07) is 10.1. The Hall–Kier alpha value is -1.35. The Morgan fingerprint density at radius 1 is 1.46 bits per heavy atom. The highest BCUT2D eigenvalue weighted by Gasteiger charge is 2.38. The molecule has 0 aliphatic carbocycles. The number of primary amides is 1. The predicted molar refractivity (Wildman–Crippen MR) is 49.8 cm³/mol. The van der Waals surface area contributed by atoms with E-state index < -0.39 is 0 Å². The molecule has 0 aromatic heterocycles. The maximum absolute atomic E-state index is 10.7. The van der Waals surface area contributed by atoms with Gasteiger partial charge < -0.3 is 5.73 Å². The summed E-state index contributed by atoms with van der Waals surface area (Å²) in [4.78, 5) is 12.8. The Kier molecular flexibility index (Phi) is 2.02. The van der Waals surface area contributed by atoms with E-state index in [1.165, 1.54) is 5.56 Å². The number of carbonyl (C=O) groups is 1. The van der Waals surface area contributed by atoms with Crippen molar-refractivity contribution in [1.82, 2.24) is 4.90 Å². The molecule has 0 bridgehead atoms. The second-order valence-corrected chi connectivity index (χ2v) is 3.33. The molecule has 0 saturated carbocycles. The average Bonchev–Trinajstić information content (AvgIpc) is 2.86. The molecule has 1 amide bonds. The standard InChI is InChI=1S/C10H12N2O/c11-10(13)9-7-12(9)6-8-4-2-1-3-5-8/h1-5,9H,6-7H2,(H2,11,13)/t9-,12?/m0/s1. The minimum atomic E-state index is -0.212. The highest BCUT2D eigenvalue weighted by atomic mass is 16.1. The Bertz CT molecular complexity index is 310. The van der Waals surface area contributed by atoms with Crippen LogP contribution in [-0.2, 0) is 11.3 Å². The van der Waals surface area contributed by atoms with Crippen LogP contribution in [0.3, 0.4) is 0 Å². The first-order valence-corrected chi connectivity index (χ1v) is 4.34. The van der Waals surface area contributed by atoms with Crippen molar-refractivity contribution in [3.63, 3.8) is 0 Å². The summed E-state index contributed by atoms with van der Waals surface area (Å²) in [7, 11) is 0. The van der Waals surface area contributed by atoms with Gasteiger partial charge >= 0.3 is 0 Å². The zero-order valence-corrected chi connectivity index (χ0v) is 7.31. The third kappa shape index (κ3) is 1.87. The average molecular weight is 176 g/mol. The van der Waals surface area contributed by atoms with E-state index in [0.29, 0.717) is 0 Å². The summed E-state index contributed by atoms with van der Waals surface area (Å²) >= 11 is 0. The van der Waals surface area contributed by atoms with Crippen LogP contribution in [0.25, 0.3) is 0 Å². The molecule has 13 heavy (non-hydrogen) atoms. The molecule has 1 unspecified atom stereocenters. The van der Waals surface area contributed by atoms with Crippen molar-refractivity contribution in [2.75, 3.05) is 6.54 Å². The predicted octanol–water partition coefficient (Wildman–Crippen LogP) is 0.356. The van der Waals surface area contributed by atoms with Crippen molar-refractivity contribution >= 4 is 5.91 Å². The molecular weight excluding hydrogens is 164 g/mol. The summed E-state index contributed by atoms with van der Waals surface area (Å²) in [6.07, 6.45) is 0. The molecule has 1 aliphatic rings. The summed E-state index contributed by atoms with van der Waals surface area (Å²) in [5.41, 5.74) is 6.39. The zero-order valence-electron chi connectivity index (χ0n) is 7.31. The lowest BCUT2D eigenvalue weighted by atomic mass is 10.2. The Morgan fingerprint density at radius 2 is 2.15 bits per heavy atom. The van der Waals surface area contributed by atoms with Gasteiger partial charge in [0.25, 0.3) is 0 Å². The van der Waals surface area contributed by atoms with E-state index in [4.69, 9.17) is 5.73 Å². The first-order valence-electron chi connectivity index (χ1n) is 4.34. The quantitative estimate of drug-likeness (QED) is 0.676. The number of hydrogen-bond acceptors (Lipinski definition) is 2. The minimum Gasteiger partial charge on any atom is -0.368 e. The zero-order chi connectivity index (χ0) is 9.26. The van der Waals surface area contributed by atoms with Crippen molar-refractivity contribution in [2.24, 2.45) is 5.73 Å². The third-order valence-corrected chi connectivity index (χ3v) is 2.27. The molecule has 3 heteroatoms. The van der Waals surface area contributed by atoms with Crippen LogP contribution >= 0.6 is 0 Å². The van der Waals surface area contributed by atoms with Crippen LogP contribution in [-0.4, -0.2) is 23.4 Å². The molecular formula is C10H12N2O. The topological polar surface area (TPSA) is 46.1 Å². The lowest BCUT2D eigenvalue weighted by molar-refractivity contribution is -0.118. The van der Waals surface area contributed by atoms with Crippen LogP contribution in [0.2, 0.25) is 0 Å². The number of amides is 1. The Labute approximate surface area is 77.1 Å². The van der Waals surface area contributed by atoms with Crippen LogP contribution in [0, 0.1) is 0 Å². The fraction of sp³-hybridized carbons (Fsp3) is 0.300. The number of rotatable bonds is 3. The summed E-state index contributed by atoms with van der Waals surface area (Å²) in [5, 5.41) is 0. The lowest BCUT2D eigenvalue weighted by Gasteiger charge is -2.01. The monoisotopic (exact) mass is 176 g/mol. The van der Waals surface area contributed by atoms with Crippen molar-refractivity contribution in [3.05, 3.63) is 35.9 Å². The molecule has 1 aliphatic heterocycles. The van der Waals surface area contributed by atoms with Crippen LogP contribution < -0.4 is 5.73 Å². The van der Waals surface area contributed by atoms with Crippen molar-refractivity contribution in [3.8, 4) is 0 Å². The van der Waals surface area contributed by atoms with Crippen LogP contribution in [0.4, 0.5) is 0 Å². The Morgan fingerprint density at radius 3 is 2.69 bits per heavy atom. The molecule has 2 N–H and O–H groups in total. The first kappa shape index (κ1) is 8.26. The summed E-state index contributed by atoms with van der Waals surface area (Å²) in [6.45, 7) is 1.64. The molecule has 1 fully saturated rings. The first-order chi connectivity index (χ1) is 6.27. The van der Waals surface area contributed by atoms with Crippen molar-refractivity contribution < 1.29 is 4.79 Å². The fourth-order valence-electron chi connectivity index (χ4n) is 1.44. The van der Waals surface area contributed by atoms with Gasteiger partial charge in [-0.2, -0.15) is 0 Å². The number of carbonyl (C=O) groups excluding carboxylic acids is 1. The highest BCUT2D eigenvalue weighted by molar-refractivity contribution is 5.82. The maximum Gasteiger partial charge on any atom is 0.236 e. The number of nitrogens with two attached hydrogens (primary N) is 1.